The third-order valence-corrected chi connectivity index (χ3v) is 4.75. The number of hydrogen-bond donors (Lipinski definition) is 0. The molecule has 4 nitrogen and oxygen atoms in total. The number of nitrogens with zero attached hydrogens (tertiary/aromatic N) is 1. The first kappa shape index (κ1) is 19.0. The molecular formula is C21H28NO3+. The summed E-state index contributed by atoms with van der Waals surface area (Å²) in [7, 11) is 2.17. The number of carbonyl (C=O) groups excluding carboxylic acids is 1. The van der Waals surface area contributed by atoms with E-state index >= 15 is 0 Å². The normalized spacial score (nSPS) is 11.2. The van der Waals surface area contributed by atoms with Crippen molar-refractivity contribution in [3.63, 3.8) is 0 Å². The number of hydrogen-bond acceptors (Lipinski definition) is 3. The van der Waals surface area contributed by atoms with Crippen molar-refractivity contribution in [3.05, 3.63) is 59.7 Å². The zero-order valence-corrected chi connectivity index (χ0v) is 15.6. The average Bonchev–Trinajstić information content (AvgIpc) is 2.63. The lowest BCUT2D eigenvalue weighted by Crippen LogP contribution is -2.46. The number of para-hydroxylation sites is 1. The molecule has 0 spiro atoms. The van der Waals surface area contributed by atoms with Crippen LogP contribution in [0.15, 0.2) is 48.5 Å². The second-order valence-electron chi connectivity index (χ2n) is 6.52. The number of quaternary nitrogens is 1. The van der Waals surface area contributed by atoms with Gasteiger partial charge in [-0.3, -0.25) is 0 Å². The molecule has 4 heteroatoms. The summed E-state index contributed by atoms with van der Waals surface area (Å²) in [5, 5.41) is 0. The summed E-state index contributed by atoms with van der Waals surface area (Å²) in [6, 6.07) is 14.9. The fourth-order valence-electron chi connectivity index (χ4n) is 2.43. The third kappa shape index (κ3) is 5.33. The summed E-state index contributed by atoms with van der Waals surface area (Å²) < 4.78 is 12.2. The highest BCUT2D eigenvalue weighted by molar-refractivity contribution is 5.92. The Balaban J connectivity index is 2.04. The van der Waals surface area contributed by atoms with Gasteiger partial charge in [0.15, 0.2) is 0 Å². The predicted molar refractivity (Wildman–Crippen MR) is 100 cm³/mol. The first-order valence-electron chi connectivity index (χ1n) is 8.81. The first-order valence-corrected chi connectivity index (χ1v) is 8.81. The molecule has 0 amide bonds. The van der Waals surface area contributed by atoms with Gasteiger partial charge in [0.1, 0.15) is 30.2 Å². The molecule has 2 rings (SSSR count). The number of aryl methyl sites for hydroxylation is 1. The van der Waals surface area contributed by atoms with Crippen LogP contribution in [0, 0.1) is 6.92 Å². The summed E-state index contributed by atoms with van der Waals surface area (Å²) in [5.41, 5.74) is 1.61. The highest BCUT2D eigenvalue weighted by atomic mass is 16.5. The standard InChI is InChI=1S/C21H28NO3/c1-5-22(4,6-2)15-16-24-21(23)19-9-7-8-10-20(19)25-18-13-11-17(3)12-14-18/h7-14H,5-6,15-16H2,1-4H3/q+1. The number of likely N-dealkylation sites (N-methyl/N-ethyl adjacent to an activating group) is 1. The minimum absolute atomic E-state index is 0.346. The highest BCUT2D eigenvalue weighted by Crippen LogP contribution is 2.26. The first-order chi connectivity index (χ1) is 12.0. The van der Waals surface area contributed by atoms with Gasteiger partial charge in [0.25, 0.3) is 0 Å². The van der Waals surface area contributed by atoms with E-state index in [0.717, 1.165) is 29.7 Å². The molecular weight excluding hydrogens is 314 g/mol. The van der Waals surface area contributed by atoms with Gasteiger partial charge >= 0.3 is 5.97 Å². The van der Waals surface area contributed by atoms with Crippen LogP contribution in [0.3, 0.4) is 0 Å². The molecule has 0 heterocycles. The van der Waals surface area contributed by atoms with Gasteiger partial charge in [0.05, 0.1) is 20.1 Å². The average molecular weight is 342 g/mol. The number of rotatable bonds is 8. The van der Waals surface area contributed by atoms with Crippen molar-refractivity contribution >= 4 is 5.97 Å². The van der Waals surface area contributed by atoms with Crippen LogP contribution in [0.1, 0.15) is 29.8 Å². The Morgan fingerprint density at radius 2 is 1.64 bits per heavy atom. The lowest BCUT2D eigenvalue weighted by atomic mass is 10.2. The maximum Gasteiger partial charge on any atom is 0.342 e. The zero-order chi connectivity index (χ0) is 18.3. The molecule has 0 aliphatic rings. The van der Waals surface area contributed by atoms with E-state index in [9.17, 15) is 4.79 Å². The molecule has 0 fully saturated rings. The fourth-order valence-corrected chi connectivity index (χ4v) is 2.43. The minimum atomic E-state index is -0.346. The topological polar surface area (TPSA) is 35.5 Å². The van der Waals surface area contributed by atoms with E-state index in [1.807, 2.05) is 43.3 Å². The summed E-state index contributed by atoms with van der Waals surface area (Å²) in [4.78, 5) is 12.5. The third-order valence-electron chi connectivity index (χ3n) is 4.75. The molecule has 134 valence electrons. The van der Waals surface area contributed by atoms with Crippen LogP contribution in [-0.4, -0.2) is 43.7 Å². The molecule has 0 saturated carbocycles. The van der Waals surface area contributed by atoms with Gasteiger partial charge in [-0.15, -0.1) is 0 Å². The zero-order valence-electron chi connectivity index (χ0n) is 15.6. The molecule has 0 N–H and O–H groups in total. The van der Waals surface area contributed by atoms with Crippen molar-refractivity contribution in [2.24, 2.45) is 0 Å². The molecule has 0 atom stereocenters. The summed E-state index contributed by atoms with van der Waals surface area (Å²) >= 11 is 0. The molecule has 0 aliphatic heterocycles. The molecule has 0 aliphatic carbocycles. The van der Waals surface area contributed by atoms with Crippen molar-refractivity contribution in [3.8, 4) is 11.5 Å². The van der Waals surface area contributed by atoms with Crippen molar-refractivity contribution in [1.82, 2.24) is 0 Å². The Morgan fingerprint density at radius 1 is 1.00 bits per heavy atom. The van der Waals surface area contributed by atoms with E-state index in [1.165, 1.54) is 0 Å². The Labute approximate surface area is 150 Å². The van der Waals surface area contributed by atoms with Gasteiger partial charge in [0, 0.05) is 0 Å². The number of carbonyl (C=O) groups is 1. The van der Waals surface area contributed by atoms with E-state index in [1.54, 1.807) is 12.1 Å². The number of ether oxygens (including phenoxy) is 2. The van der Waals surface area contributed by atoms with Crippen molar-refractivity contribution in [2.75, 3.05) is 33.3 Å². The van der Waals surface area contributed by atoms with E-state index in [2.05, 4.69) is 20.9 Å². The van der Waals surface area contributed by atoms with Crippen LogP contribution in [0.2, 0.25) is 0 Å². The fraction of sp³-hybridized carbons (Fsp3) is 0.381. The van der Waals surface area contributed by atoms with E-state index < -0.39 is 0 Å². The SMILES string of the molecule is CC[N+](C)(CC)CCOC(=O)c1ccccc1Oc1ccc(C)cc1. The Kier molecular flexibility index (Phi) is 6.59. The van der Waals surface area contributed by atoms with E-state index in [0.29, 0.717) is 23.7 Å². The second kappa shape index (κ2) is 8.67. The van der Waals surface area contributed by atoms with Gasteiger partial charge < -0.3 is 14.0 Å². The van der Waals surface area contributed by atoms with Gasteiger partial charge in [-0.1, -0.05) is 29.8 Å². The quantitative estimate of drug-likeness (QED) is 0.526. The van der Waals surface area contributed by atoms with Crippen molar-refractivity contribution < 1.29 is 18.8 Å². The van der Waals surface area contributed by atoms with Gasteiger partial charge in [0.2, 0.25) is 0 Å². The molecule has 2 aromatic rings. The van der Waals surface area contributed by atoms with Crippen LogP contribution in [0.4, 0.5) is 0 Å². The molecule has 25 heavy (non-hydrogen) atoms. The molecule has 0 aromatic heterocycles. The molecule has 0 unspecified atom stereocenters. The Bertz CT molecular complexity index is 691. The van der Waals surface area contributed by atoms with Crippen molar-refractivity contribution in [1.29, 1.82) is 0 Å². The van der Waals surface area contributed by atoms with Gasteiger partial charge in [-0.05, 0) is 45.0 Å². The number of benzene rings is 2. The maximum atomic E-state index is 12.5. The molecule has 0 bridgehead atoms. The van der Waals surface area contributed by atoms with Crippen LogP contribution < -0.4 is 4.74 Å². The lowest BCUT2D eigenvalue weighted by molar-refractivity contribution is -0.906. The smallest absolute Gasteiger partial charge is 0.342 e. The van der Waals surface area contributed by atoms with Crippen molar-refractivity contribution in [2.45, 2.75) is 20.8 Å². The van der Waals surface area contributed by atoms with Gasteiger partial charge in [-0.25, -0.2) is 4.79 Å². The lowest BCUT2D eigenvalue weighted by Gasteiger charge is -2.31. The highest BCUT2D eigenvalue weighted by Gasteiger charge is 2.19. The van der Waals surface area contributed by atoms with Gasteiger partial charge in [-0.2, -0.15) is 0 Å². The predicted octanol–water partition coefficient (Wildman–Crippen LogP) is 4.43. The minimum Gasteiger partial charge on any atom is -0.456 e. The van der Waals surface area contributed by atoms with Crippen LogP contribution >= 0.6 is 0 Å². The Hall–Kier alpha value is -2.33. The molecule has 0 saturated heterocycles. The van der Waals surface area contributed by atoms with E-state index in [-0.39, 0.29) is 5.97 Å². The Morgan fingerprint density at radius 3 is 2.28 bits per heavy atom. The van der Waals surface area contributed by atoms with Crippen LogP contribution in [-0.2, 0) is 4.74 Å². The molecule has 0 radical (unpaired) electrons. The monoisotopic (exact) mass is 342 g/mol. The van der Waals surface area contributed by atoms with E-state index in [4.69, 9.17) is 9.47 Å². The molecule has 2 aromatic carbocycles. The summed E-state index contributed by atoms with van der Waals surface area (Å²) in [5.74, 6) is 0.869. The van der Waals surface area contributed by atoms with Crippen LogP contribution in [0.5, 0.6) is 11.5 Å². The largest absolute Gasteiger partial charge is 0.456 e. The summed E-state index contributed by atoms with van der Waals surface area (Å²) in [6.07, 6.45) is 0. The summed E-state index contributed by atoms with van der Waals surface area (Å²) in [6.45, 7) is 9.55. The second-order valence-corrected chi connectivity index (χ2v) is 6.52. The van der Waals surface area contributed by atoms with Crippen LogP contribution in [0.25, 0.3) is 0 Å². The number of esters is 1. The maximum absolute atomic E-state index is 12.5.